The lowest BCUT2D eigenvalue weighted by Crippen LogP contribution is -2.29. The van der Waals surface area contributed by atoms with Crippen LogP contribution in [0.25, 0.3) is 22.3 Å². The zero-order valence-electron chi connectivity index (χ0n) is 13.7. The van der Waals surface area contributed by atoms with E-state index in [0.29, 0.717) is 5.76 Å². The first-order valence-electron chi connectivity index (χ1n) is 8.48. The van der Waals surface area contributed by atoms with Gasteiger partial charge in [-0.05, 0) is 55.7 Å². The lowest BCUT2D eigenvalue weighted by atomic mass is 10.1. The van der Waals surface area contributed by atoms with E-state index >= 15 is 0 Å². The Labute approximate surface area is 144 Å². The highest BCUT2D eigenvalue weighted by Crippen LogP contribution is 2.34. The highest BCUT2D eigenvalue weighted by atomic mass is 16.4. The second-order valence-corrected chi connectivity index (χ2v) is 6.38. The van der Waals surface area contributed by atoms with Crippen molar-refractivity contribution in [2.75, 3.05) is 18.0 Å². The minimum Gasteiger partial charge on any atom is -0.504 e. The first-order valence-corrected chi connectivity index (χ1v) is 8.48. The van der Waals surface area contributed by atoms with Crippen molar-refractivity contribution in [3.63, 3.8) is 0 Å². The summed E-state index contributed by atoms with van der Waals surface area (Å²) in [6.07, 6.45) is 3.71. The van der Waals surface area contributed by atoms with Gasteiger partial charge in [-0.25, -0.2) is 0 Å². The summed E-state index contributed by atoms with van der Waals surface area (Å²) in [6.45, 7) is 2.13. The van der Waals surface area contributed by atoms with Gasteiger partial charge in [0.2, 0.25) is 5.75 Å². The van der Waals surface area contributed by atoms with Crippen molar-refractivity contribution < 1.29 is 14.6 Å². The van der Waals surface area contributed by atoms with Crippen LogP contribution >= 0.6 is 0 Å². The largest absolute Gasteiger partial charge is 0.504 e. The van der Waals surface area contributed by atoms with Crippen LogP contribution in [0, 0.1) is 0 Å². The molecule has 4 rings (SSSR count). The predicted molar refractivity (Wildman–Crippen MR) is 97.3 cm³/mol. The van der Waals surface area contributed by atoms with Crippen LogP contribution in [0.4, 0.5) is 5.69 Å². The molecule has 0 amide bonds. The smallest absolute Gasteiger partial charge is 0.201 e. The van der Waals surface area contributed by atoms with E-state index in [1.54, 1.807) is 0 Å². The first-order chi connectivity index (χ1) is 12.1. The third-order valence-electron chi connectivity index (χ3n) is 4.72. The highest BCUT2D eigenvalue weighted by molar-refractivity contribution is 5.86. The molecule has 5 heteroatoms. The Balaban J connectivity index is 1.74. The topological polar surface area (TPSA) is 73.9 Å². The summed E-state index contributed by atoms with van der Waals surface area (Å²) < 4.78 is 5.70. The molecular weight excluding hydrogens is 318 g/mol. The molecule has 0 bridgehead atoms. The van der Waals surface area contributed by atoms with E-state index in [9.17, 15) is 15.0 Å². The van der Waals surface area contributed by atoms with E-state index in [4.69, 9.17) is 4.42 Å². The quantitative estimate of drug-likeness (QED) is 0.695. The molecule has 0 unspecified atom stereocenters. The number of hydrogen-bond acceptors (Lipinski definition) is 5. The van der Waals surface area contributed by atoms with Crippen molar-refractivity contribution in [1.29, 1.82) is 0 Å². The van der Waals surface area contributed by atoms with Crippen LogP contribution in [-0.2, 0) is 0 Å². The van der Waals surface area contributed by atoms with Gasteiger partial charge in [0.1, 0.15) is 5.76 Å². The van der Waals surface area contributed by atoms with Gasteiger partial charge < -0.3 is 19.5 Å². The SMILES string of the molecule is O=c1cc(-c2ccc(N3CCCCC3)cc2)oc2c(O)c(O)ccc12. The number of aromatic hydroxyl groups is 2. The fourth-order valence-corrected chi connectivity index (χ4v) is 3.33. The summed E-state index contributed by atoms with van der Waals surface area (Å²) in [5.41, 5.74) is 1.66. The van der Waals surface area contributed by atoms with Crippen LogP contribution in [0.1, 0.15) is 19.3 Å². The third kappa shape index (κ3) is 2.82. The van der Waals surface area contributed by atoms with Gasteiger partial charge in [-0.1, -0.05) is 0 Å². The average Bonchev–Trinajstić information content (AvgIpc) is 2.66. The van der Waals surface area contributed by atoms with Crippen molar-refractivity contribution >= 4 is 16.7 Å². The Morgan fingerprint density at radius 2 is 1.64 bits per heavy atom. The number of piperidine rings is 1. The lowest BCUT2D eigenvalue weighted by Gasteiger charge is -2.28. The molecular formula is C20H19NO4. The number of fused-ring (bicyclic) bond motifs is 1. The Morgan fingerprint density at radius 3 is 2.36 bits per heavy atom. The van der Waals surface area contributed by atoms with E-state index in [2.05, 4.69) is 4.90 Å². The van der Waals surface area contributed by atoms with Crippen molar-refractivity contribution in [2.24, 2.45) is 0 Å². The molecule has 2 N–H and O–H groups in total. The summed E-state index contributed by atoms with van der Waals surface area (Å²) in [5, 5.41) is 19.9. The number of anilines is 1. The van der Waals surface area contributed by atoms with E-state index in [1.165, 1.54) is 37.5 Å². The number of hydrogen-bond donors (Lipinski definition) is 2. The summed E-state index contributed by atoms with van der Waals surface area (Å²) in [6, 6.07) is 12.0. The molecule has 5 nitrogen and oxygen atoms in total. The Hall–Kier alpha value is -2.95. The number of benzene rings is 2. The number of nitrogens with zero attached hydrogens (tertiary/aromatic N) is 1. The summed E-state index contributed by atoms with van der Waals surface area (Å²) in [5.74, 6) is -0.363. The Morgan fingerprint density at radius 1 is 0.920 bits per heavy atom. The molecule has 1 aromatic heterocycles. The predicted octanol–water partition coefficient (Wildman–Crippen LogP) is 3.86. The molecule has 0 spiro atoms. The summed E-state index contributed by atoms with van der Waals surface area (Å²) in [7, 11) is 0. The Bertz CT molecular complexity index is 969. The lowest BCUT2D eigenvalue weighted by molar-refractivity contribution is 0.400. The van der Waals surface area contributed by atoms with Crippen molar-refractivity contribution in [1.82, 2.24) is 0 Å². The fraction of sp³-hybridized carbons (Fsp3) is 0.250. The van der Waals surface area contributed by atoms with Crippen LogP contribution < -0.4 is 10.3 Å². The van der Waals surface area contributed by atoms with Gasteiger partial charge in [0.05, 0.1) is 5.39 Å². The van der Waals surface area contributed by atoms with Gasteiger partial charge in [0.15, 0.2) is 16.8 Å². The standard InChI is InChI=1S/C20H19NO4/c22-16-9-8-15-17(23)12-18(25-20(15)19(16)24)13-4-6-14(7-5-13)21-10-2-1-3-11-21/h4-9,12,22,24H,1-3,10-11H2. The molecule has 2 aromatic carbocycles. The van der Waals surface area contributed by atoms with Gasteiger partial charge in [-0.15, -0.1) is 0 Å². The maximum atomic E-state index is 12.3. The van der Waals surface area contributed by atoms with E-state index < -0.39 is 5.75 Å². The minimum atomic E-state index is -0.415. The second kappa shape index (κ2) is 6.16. The zero-order chi connectivity index (χ0) is 17.4. The van der Waals surface area contributed by atoms with Crippen molar-refractivity contribution in [3.8, 4) is 22.8 Å². The third-order valence-corrected chi connectivity index (χ3v) is 4.72. The second-order valence-electron chi connectivity index (χ2n) is 6.38. The molecule has 1 fully saturated rings. The highest BCUT2D eigenvalue weighted by Gasteiger charge is 2.14. The maximum absolute atomic E-state index is 12.3. The Kier molecular flexibility index (Phi) is 3.84. The fourth-order valence-electron chi connectivity index (χ4n) is 3.33. The maximum Gasteiger partial charge on any atom is 0.201 e. The van der Waals surface area contributed by atoms with Gasteiger partial charge in [0, 0.05) is 30.4 Å². The van der Waals surface area contributed by atoms with Crippen molar-refractivity contribution in [2.45, 2.75) is 19.3 Å². The van der Waals surface area contributed by atoms with E-state index in [0.717, 1.165) is 24.3 Å². The molecule has 1 aliphatic heterocycles. The molecule has 0 atom stereocenters. The van der Waals surface area contributed by atoms with Crippen LogP contribution in [-0.4, -0.2) is 23.3 Å². The van der Waals surface area contributed by atoms with Gasteiger partial charge in [0.25, 0.3) is 0 Å². The monoisotopic (exact) mass is 337 g/mol. The van der Waals surface area contributed by atoms with Crippen LogP contribution in [0.3, 0.4) is 0 Å². The number of phenols is 2. The average molecular weight is 337 g/mol. The van der Waals surface area contributed by atoms with E-state index in [-0.39, 0.29) is 22.1 Å². The summed E-state index contributed by atoms with van der Waals surface area (Å²) in [4.78, 5) is 14.6. The summed E-state index contributed by atoms with van der Waals surface area (Å²) >= 11 is 0. The van der Waals surface area contributed by atoms with E-state index in [1.807, 2.05) is 24.3 Å². The van der Waals surface area contributed by atoms with Crippen molar-refractivity contribution in [3.05, 3.63) is 52.7 Å². The van der Waals surface area contributed by atoms with Crippen LogP contribution in [0.5, 0.6) is 11.5 Å². The molecule has 128 valence electrons. The molecule has 0 radical (unpaired) electrons. The van der Waals surface area contributed by atoms with Crippen LogP contribution in [0.15, 0.2) is 51.7 Å². The first kappa shape index (κ1) is 15.6. The number of rotatable bonds is 2. The van der Waals surface area contributed by atoms with Gasteiger partial charge >= 0.3 is 0 Å². The minimum absolute atomic E-state index is 0.00241. The molecule has 0 saturated carbocycles. The molecule has 3 aromatic rings. The zero-order valence-corrected chi connectivity index (χ0v) is 13.7. The number of phenolic OH excluding ortho intramolecular Hbond substituents is 2. The molecule has 1 saturated heterocycles. The molecule has 1 aliphatic rings. The van der Waals surface area contributed by atoms with Gasteiger partial charge in [-0.3, -0.25) is 4.79 Å². The molecule has 0 aliphatic carbocycles. The van der Waals surface area contributed by atoms with Gasteiger partial charge in [-0.2, -0.15) is 0 Å². The van der Waals surface area contributed by atoms with Crippen LogP contribution in [0.2, 0.25) is 0 Å². The molecule has 2 heterocycles. The normalized spacial score (nSPS) is 14.8. The molecule has 25 heavy (non-hydrogen) atoms.